The van der Waals surface area contributed by atoms with Crippen LogP contribution in [-0.4, -0.2) is 12.0 Å². The normalized spacial score (nSPS) is 12.5. The fourth-order valence-corrected chi connectivity index (χ4v) is 3.02. The second-order valence-corrected chi connectivity index (χ2v) is 5.80. The van der Waals surface area contributed by atoms with E-state index in [0.717, 1.165) is 26.5 Å². The third-order valence-corrected chi connectivity index (χ3v) is 3.93. The van der Waals surface area contributed by atoms with E-state index in [9.17, 15) is 4.39 Å². The first-order valence-corrected chi connectivity index (χ1v) is 7.44. The van der Waals surface area contributed by atoms with Gasteiger partial charge in [0, 0.05) is 16.1 Å². The summed E-state index contributed by atoms with van der Waals surface area (Å²) in [5.41, 5.74) is 2.92. The topological polar surface area (TPSA) is 24.9 Å². The Labute approximate surface area is 131 Å². The van der Waals surface area contributed by atoms with Gasteiger partial charge in [-0.3, -0.25) is 4.98 Å². The van der Waals surface area contributed by atoms with Crippen molar-refractivity contribution in [1.29, 1.82) is 0 Å². The Morgan fingerprint density at radius 1 is 1.10 bits per heavy atom. The summed E-state index contributed by atoms with van der Waals surface area (Å²) < 4.78 is 14.4. The molecule has 0 aliphatic rings. The number of aromatic nitrogens is 1. The van der Waals surface area contributed by atoms with Crippen molar-refractivity contribution in [2.24, 2.45) is 0 Å². The van der Waals surface area contributed by atoms with E-state index in [1.165, 1.54) is 6.07 Å². The number of halogens is 2. The Morgan fingerprint density at radius 3 is 2.71 bits per heavy atom. The average molecular weight is 345 g/mol. The minimum absolute atomic E-state index is 0.0680. The van der Waals surface area contributed by atoms with Crippen LogP contribution >= 0.6 is 15.9 Å². The van der Waals surface area contributed by atoms with Crippen LogP contribution in [0.15, 0.2) is 59.2 Å². The van der Waals surface area contributed by atoms with Gasteiger partial charge in [0.15, 0.2) is 0 Å². The molecular weight excluding hydrogens is 331 g/mol. The Kier molecular flexibility index (Phi) is 3.99. The molecule has 2 aromatic carbocycles. The molecular formula is C17H14BrFN2. The van der Waals surface area contributed by atoms with Crippen molar-refractivity contribution in [3.8, 4) is 0 Å². The fraction of sp³-hybridized carbons (Fsp3) is 0.118. The molecule has 106 valence electrons. The number of hydrogen-bond donors (Lipinski definition) is 1. The van der Waals surface area contributed by atoms with Crippen LogP contribution in [0.2, 0.25) is 0 Å². The maximum Gasteiger partial charge on any atom is 0.124 e. The number of nitrogens with zero attached hydrogens (tertiary/aromatic N) is 1. The highest BCUT2D eigenvalue weighted by atomic mass is 79.9. The molecule has 0 saturated carbocycles. The van der Waals surface area contributed by atoms with E-state index in [1.54, 1.807) is 12.3 Å². The molecule has 0 bridgehead atoms. The van der Waals surface area contributed by atoms with E-state index in [0.29, 0.717) is 0 Å². The number of fused-ring (bicyclic) bond motifs is 1. The Hall–Kier alpha value is -1.78. The summed E-state index contributed by atoms with van der Waals surface area (Å²) in [6.07, 6.45) is 1.78. The molecule has 1 atom stereocenters. The second kappa shape index (κ2) is 5.92. The molecule has 0 aliphatic carbocycles. The monoisotopic (exact) mass is 344 g/mol. The smallest absolute Gasteiger partial charge is 0.124 e. The minimum Gasteiger partial charge on any atom is -0.309 e. The van der Waals surface area contributed by atoms with Gasteiger partial charge in [-0.2, -0.15) is 0 Å². The summed E-state index contributed by atoms with van der Waals surface area (Å²) in [5, 5.41) is 4.32. The lowest BCUT2D eigenvalue weighted by Gasteiger charge is -2.18. The van der Waals surface area contributed by atoms with Crippen molar-refractivity contribution in [1.82, 2.24) is 10.3 Å². The SMILES string of the molecule is CNC(c1cc(F)cc(Br)c1)c1ccc2ncccc2c1. The highest BCUT2D eigenvalue weighted by molar-refractivity contribution is 9.10. The first kappa shape index (κ1) is 14.2. The zero-order valence-corrected chi connectivity index (χ0v) is 13.1. The molecule has 21 heavy (non-hydrogen) atoms. The molecule has 1 heterocycles. The lowest BCUT2D eigenvalue weighted by atomic mass is 9.97. The van der Waals surface area contributed by atoms with Gasteiger partial charge in [-0.05, 0) is 54.6 Å². The van der Waals surface area contributed by atoms with Crippen LogP contribution in [0, 0.1) is 5.82 Å². The minimum atomic E-state index is -0.248. The van der Waals surface area contributed by atoms with Gasteiger partial charge in [0.1, 0.15) is 5.82 Å². The van der Waals surface area contributed by atoms with Gasteiger partial charge in [-0.15, -0.1) is 0 Å². The third-order valence-electron chi connectivity index (χ3n) is 3.47. The predicted octanol–water partition coefficient (Wildman–Crippen LogP) is 4.45. The van der Waals surface area contributed by atoms with Crippen molar-refractivity contribution < 1.29 is 4.39 Å². The van der Waals surface area contributed by atoms with Crippen molar-refractivity contribution in [3.05, 3.63) is 76.1 Å². The van der Waals surface area contributed by atoms with Crippen LogP contribution in [0.1, 0.15) is 17.2 Å². The molecule has 0 amide bonds. The molecule has 1 aromatic heterocycles. The van der Waals surface area contributed by atoms with Gasteiger partial charge in [0.05, 0.1) is 11.6 Å². The predicted molar refractivity (Wildman–Crippen MR) is 86.7 cm³/mol. The standard InChI is InChI=1S/C17H14BrFN2/c1-20-17(13-8-14(18)10-15(19)9-13)12-4-5-16-11(7-12)3-2-6-21-16/h2-10,17,20H,1H3. The summed E-state index contributed by atoms with van der Waals surface area (Å²) in [6, 6.07) is 14.9. The maximum atomic E-state index is 13.6. The molecule has 1 N–H and O–H groups in total. The summed E-state index contributed by atoms with van der Waals surface area (Å²) >= 11 is 3.35. The van der Waals surface area contributed by atoms with Crippen LogP contribution in [0.25, 0.3) is 10.9 Å². The largest absolute Gasteiger partial charge is 0.309 e. The van der Waals surface area contributed by atoms with Crippen molar-refractivity contribution >= 4 is 26.8 Å². The fourth-order valence-electron chi connectivity index (χ4n) is 2.54. The number of hydrogen-bond acceptors (Lipinski definition) is 2. The molecule has 0 saturated heterocycles. The first-order valence-electron chi connectivity index (χ1n) is 6.65. The van der Waals surface area contributed by atoms with Crippen LogP contribution < -0.4 is 5.32 Å². The number of nitrogens with one attached hydrogen (secondary N) is 1. The van der Waals surface area contributed by atoms with E-state index in [2.05, 4.69) is 32.3 Å². The Bertz CT molecular complexity index is 768. The van der Waals surface area contributed by atoms with E-state index in [1.807, 2.05) is 37.4 Å². The lowest BCUT2D eigenvalue weighted by molar-refractivity contribution is 0.615. The zero-order valence-electron chi connectivity index (χ0n) is 11.5. The van der Waals surface area contributed by atoms with Gasteiger partial charge < -0.3 is 5.32 Å². The summed E-state index contributed by atoms with van der Waals surface area (Å²) in [5.74, 6) is -0.248. The van der Waals surface area contributed by atoms with Crippen LogP contribution in [0.5, 0.6) is 0 Å². The molecule has 0 spiro atoms. The highest BCUT2D eigenvalue weighted by Gasteiger charge is 2.14. The third kappa shape index (κ3) is 2.96. The number of pyridine rings is 1. The van der Waals surface area contributed by atoms with Gasteiger partial charge in [-0.1, -0.05) is 28.1 Å². The Balaban J connectivity index is 2.08. The maximum absolute atomic E-state index is 13.6. The van der Waals surface area contributed by atoms with E-state index < -0.39 is 0 Å². The highest BCUT2D eigenvalue weighted by Crippen LogP contribution is 2.27. The summed E-state index contributed by atoms with van der Waals surface area (Å²) in [6.45, 7) is 0. The molecule has 4 heteroatoms. The zero-order chi connectivity index (χ0) is 14.8. The van der Waals surface area contributed by atoms with Crippen LogP contribution in [-0.2, 0) is 0 Å². The molecule has 0 aliphatic heterocycles. The van der Waals surface area contributed by atoms with Crippen molar-refractivity contribution in [2.45, 2.75) is 6.04 Å². The van der Waals surface area contributed by atoms with Gasteiger partial charge >= 0.3 is 0 Å². The van der Waals surface area contributed by atoms with Gasteiger partial charge in [-0.25, -0.2) is 4.39 Å². The van der Waals surface area contributed by atoms with E-state index in [4.69, 9.17) is 0 Å². The average Bonchev–Trinajstić information content (AvgIpc) is 2.47. The van der Waals surface area contributed by atoms with E-state index >= 15 is 0 Å². The first-order chi connectivity index (χ1) is 10.2. The Morgan fingerprint density at radius 2 is 1.95 bits per heavy atom. The van der Waals surface area contributed by atoms with E-state index in [-0.39, 0.29) is 11.9 Å². The van der Waals surface area contributed by atoms with Gasteiger partial charge in [0.25, 0.3) is 0 Å². The molecule has 2 nitrogen and oxygen atoms in total. The molecule has 0 fully saturated rings. The number of benzene rings is 2. The molecule has 1 unspecified atom stereocenters. The molecule has 0 radical (unpaired) electrons. The van der Waals surface area contributed by atoms with Crippen molar-refractivity contribution in [3.63, 3.8) is 0 Å². The number of rotatable bonds is 3. The van der Waals surface area contributed by atoms with Crippen LogP contribution in [0.3, 0.4) is 0 Å². The van der Waals surface area contributed by atoms with Gasteiger partial charge in [0.2, 0.25) is 0 Å². The summed E-state index contributed by atoms with van der Waals surface area (Å²) in [7, 11) is 1.87. The summed E-state index contributed by atoms with van der Waals surface area (Å²) in [4.78, 5) is 4.32. The quantitative estimate of drug-likeness (QED) is 0.759. The second-order valence-electron chi connectivity index (χ2n) is 4.88. The van der Waals surface area contributed by atoms with Crippen LogP contribution in [0.4, 0.5) is 4.39 Å². The van der Waals surface area contributed by atoms with Crippen molar-refractivity contribution in [2.75, 3.05) is 7.05 Å². The molecule has 3 aromatic rings. The molecule has 3 rings (SSSR count). The lowest BCUT2D eigenvalue weighted by Crippen LogP contribution is -2.17.